The summed E-state index contributed by atoms with van der Waals surface area (Å²) >= 11 is 0. The number of likely N-dealkylation sites (tertiary alicyclic amines) is 1. The Balaban J connectivity index is 1.42. The van der Waals surface area contributed by atoms with Crippen LogP contribution in [0.5, 0.6) is 0 Å². The molecule has 2 fully saturated rings. The number of aliphatic hydroxyl groups is 1. The van der Waals surface area contributed by atoms with E-state index < -0.39 is 5.60 Å². The summed E-state index contributed by atoms with van der Waals surface area (Å²) in [6, 6.07) is 6.21. The number of hydrogen-bond acceptors (Lipinski definition) is 4. The van der Waals surface area contributed by atoms with Crippen molar-refractivity contribution >= 4 is 5.91 Å². The number of rotatable bonds is 5. The summed E-state index contributed by atoms with van der Waals surface area (Å²) in [6.45, 7) is 3.45. The van der Waals surface area contributed by atoms with Crippen molar-refractivity contribution in [2.75, 3.05) is 32.8 Å². The Bertz CT molecular complexity index is 567. The average Bonchev–Trinajstić information content (AvgIpc) is 3.11. The van der Waals surface area contributed by atoms with Gasteiger partial charge >= 0.3 is 0 Å². The van der Waals surface area contributed by atoms with Crippen LogP contribution < -0.4 is 5.32 Å². The smallest absolute Gasteiger partial charge is 0.249 e. The van der Waals surface area contributed by atoms with Crippen LogP contribution in [-0.2, 0) is 15.1 Å². The third-order valence-electron chi connectivity index (χ3n) is 4.99. The van der Waals surface area contributed by atoms with Crippen LogP contribution in [0.25, 0.3) is 0 Å². The number of carbonyl (C=O) groups excluding carboxylic acids is 1. The van der Waals surface area contributed by atoms with E-state index in [1.54, 1.807) is 12.1 Å². The Hall–Kier alpha value is -1.50. The second kappa shape index (κ2) is 7.59. The molecule has 1 aromatic carbocycles. The fourth-order valence-electron chi connectivity index (χ4n) is 3.45. The van der Waals surface area contributed by atoms with Crippen molar-refractivity contribution < 1.29 is 19.0 Å². The minimum absolute atomic E-state index is 0.0271. The number of piperidine rings is 1. The Kier molecular flexibility index (Phi) is 5.48. The number of halogens is 1. The molecule has 2 N–H and O–H groups in total. The van der Waals surface area contributed by atoms with Gasteiger partial charge in [-0.2, -0.15) is 0 Å². The highest BCUT2D eigenvalue weighted by Crippen LogP contribution is 2.32. The molecule has 0 unspecified atom stereocenters. The molecule has 0 bridgehead atoms. The molecule has 6 heteroatoms. The van der Waals surface area contributed by atoms with Crippen LogP contribution in [0.1, 0.15) is 31.2 Å². The van der Waals surface area contributed by atoms with Crippen LogP contribution >= 0.6 is 0 Å². The van der Waals surface area contributed by atoms with Gasteiger partial charge in [0, 0.05) is 32.8 Å². The SMILES string of the molecule is O=C(NCCN1CCC(O)(c2cccc(F)c2)CC1)[C@H]1CCCO1. The molecule has 0 spiro atoms. The third kappa shape index (κ3) is 4.12. The monoisotopic (exact) mass is 336 g/mol. The van der Waals surface area contributed by atoms with Crippen molar-refractivity contribution in [3.8, 4) is 0 Å². The van der Waals surface area contributed by atoms with Crippen molar-refractivity contribution in [3.05, 3.63) is 35.6 Å². The maximum absolute atomic E-state index is 13.4. The zero-order valence-electron chi connectivity index (χ0n) is 13.8. The highest BCUT2D eigenvalue weighted by molar-refractivity contribution is 5.80. The average molecular weight is 336 g/mol. The molecule has 0 aliphatic carbocycles. The number of nitrogens with zero attached hydrogens (tertiary/aromatic N) is 1. The van der Waals surface area contributed by atoms with Gasteiger partial charge in [-0.3, -0.25) is 4.79 Å². The fourth-order valence-corrected chi connectivity index (χ4v) is 3.45. The molecule has 2 saturated heterocycles. The maximum atomic E-state index is 13.4. The van der Waals surface area contributed by atoms with Gasteiger partial charge in [-0.1, -0.05) is 12.1 Å². The van der Waals surface area contributed by atoms with Gasteiger partial charge in [-0.15, -0.1) is 0 Å². The molecule has 3 rings (SSSR count). The van der Waals surface area contributed by atoms with E-state index in [0.717, 1.165) is 32.5 Å². The molecule has 2 heterocycles. The van der Waals surface area contributed by atoms with Gasteiger partial charge in [0.2, 0.25) is 5.91 Å². The van der Waals surface area contributed by atoms with Gasteiger partial charge in [-0.25, -0.2) is 4.39 Å². The minimum Gasteiger partial charge on any atom is -0.385 e. The number of carbonyl (C=O) groups is 1. The van der Waals surface area contributed by atoms with Crippen LogP contribution in [0.4, 0.5) is 4.39 Å². The molecule has 2 aliphatic rings. The zero-order valence-corrected chi connectivity index (χ0v) is 13.8. The summed E-state index contributed by atoms with van der Waals surface area (Å²) in [4.78, 5) is 14.1. The zero-order chi connectivity index (χ0) is 17.0. The molecule has 0 saturated carbocycles. The summed E-state index contributed by atoms with van der Waals surface area (Å²) in [6.07, 6.45) is 2.59. The Morgan fingerprint density at radius 1 is 1.42 bits per heavy atom. The van der Waals surface area contributed by atoms with Crippen molar-refractivity contribution in [1.82, 2.24) is 10.2 Å². The topological polar surface area (TPSA) is 61.8 Å². The number of hydrogen-bond donors (Lipinski definition) is 2. The maximum Gasteiger partial charge on any atom is 0.249 e. The lowest BCUT2D eigenvalue weighted by molar-refractivity contribution is -0.130. The second-order valence-electron chi connectivity index (χ2n) is 6.68. The van der Waals surface area contributed by atoms with Crippen LogP contribution in [0, 0.1) is 5.82 Å². The largest absolute Gasteiger partial charge is 0.385 e. The Morgan fingerprint density at radius 2 is 2.21 bits per heavy atom. The van der Waals surface area contributed by atoms with Gasteiger partial charge in [-0.05, 0) is 43.4 Å². The lowest BCUT2D eigenvalue weighted by atomic mass is 9.84. The standard InChI is InChI=1S/C18H25FN2O3/c19-15-4-1-3-14(13-15)18(23)6-9-21(10-7-18)11-8-20-17(22)16-5-2-12-24-16/h1,3-4,13,16,23H,2,5-12H2,(H,20,22)/t16-/m1/s1. The summed E-state index contributed by atoms with van der Waals surface area (Å²) < 4.78 is 18.7. The summed E-state index contributed by atoms with van der Waals surface area (Å²) in [7, 11) is 0. The van der Waals surface area contributed by atoms with E-state index in [4.69, 9.17) is 4.74 Å². The van der Waals surface area contributed by atoms with E-state index in [1.165, 1.54) is 12.1 Å². The van der Waals surface area contributed by atoms with Gasteiger partial charge in [0.15, 0.2) is 0 Å². The Morgan fingerprint density at radius 3 is 2.88 bits per heavy atom. The molecule has 132 valence electrons. The molecule has 0 aromatic heterocycles. The molecule has 1 aromatic rings. The summed E-state index contributed by atoms with van der Waals surface area (Å²) in [5.41, 5.74) is -0.312. The van der Waals surface area contributed by atoms with Crippen molar-refractivity contribution in [3.63, 3.8) is 0 Å². The van der Waals surface area contributed by atoms with Crippen LogP contribution in [0.15, 0.2) is 24.3 Å². The summed E-state index contributed by atoms with van der Waals surface area (Å²) in [5.74, 6) is -0.346. The van der Waals surface area contributed by atoms with E-state index >= 15 is 0 Å². The Labute approximate surface area is 141 Å². The predicted molar refractivity (Wildman–Crippen MR) is 88.0 cm³/mol. The third-order valence-corrected chi connectivity index (χ3v) is 4.99. The first-order valence-electron chi connectivity index (χ1n) is 8.67. The summed E-state index contributed by atoms with van der Waals surface area (Å²) in [5, 5.41) is 13.7. The van der Waals surface area contributed by atoms with Crippen LogP contribution in [0.3, 0.4) is 0 Å². The first-order chi connectivity index (χ1) is 11.6. The van der Waals surface area contributed by atoms with Gasteiger partial charge in [0.25, 0.3) is 0 Å². The first-order valence-corrected chi connectivity index (χ1v) is 8.67. The van der Waals surface area contributed by atoms with E-state index in [1.807, 2.05) is 0 Å². The normalized spacial score (nSPS) is 24.0. The predicted octanol–water partition coefficient (Wildman–Crippen LogP) is 1.40. The van der Waals surface area contributed by atoms with Crippen molar-refractivity contribution in [2.24, 2.45) is 0 Å². The van der Waals surface area contributed by atoms with Gasteiger partial charge in [0.05, 0.1) is 5.60 Å². The van der Waals surface area contributed by atoms with Crippen molar-refractivity contribution in [2.45, 2.75) is 37.4 Å². The quantitative estimate of drug-likeness (QED) is 0.853. The molecular weight excluding hydrogens is 311 g/mol. The molecule has 1 amide bonds. The number of nitrogens with one attached hydrogen (secondary N) is 1. The first kappa shape index (κ1) is 17.3. The molecule has 0 radical (unpaired) electrons. The van der Waals surface area contributed by atoms with Gasteiger partial charge < -0.3 is 20.1 Å². The van der Waals surface area contributed by atoms with Crippen LogP contribution in [-0.4, -0.2) is 54.8 Å². The molecule has 2 aliphatic heterocycles. The van der Waals surface area contributed by atoms with Crippen molar-refractivity contribution in [1.29, 1.82) is 0 Å². The van der Waals surface area contributed by atoms with Gasteiger partial charge in [0.1, 0.15) is 11.9 Å². The lowest BCUT2D eigenvalue weighted by Crippen LogP contribution is -2.46. The molecule has 1 atom stereocenters. The lowest BCUT2D eigenvalue weighted by Gasteiger charge is -2.38. The van der Waals surface area contributed by atoms with E-state index in [2.05, 4.69) is 10.2 Å². The number of ether oxygens (including phenoxy) is 1. The highest BCUT2D eigenvalue weighted by Gasteiger charge is 2.34. The van der Waals surface area contributed by atoms with Crippen LogP contribution in [0.2, 0.25) is 0 Å². The molecule has 24 heavy (non-hydrogen) atoms. The number of amides is 1. The molecular formula is C18H25FN2O3. The number of benzene rings is 1. The second-order valence-corrected chi connectivity index (χ2v) is 6.68. The minimum atomic E-state index is -0.959. The van der Waals surface area contributed by atoms with E-state index in [9.17, 15) is 14.3 Å². The molecule has 5 nitrogen and oxygen atoms in total. The van der Waals surface area contributed by atoms with E-state index in [-0.39, 0.29) is 17.8 Å². The fraction of sp³-hybridized carbons (Fsp3) is 0.611. The van der Waals surface area contributed by atoms with E-state index in [0.29, 0.717) is 31.6 Å². The highest BCUT2D eigenvalue weighted by atomic mass is 19.1.